The van der Waals surface area contributed by atoms with Crippen LogP contribution in [0.4, 0.5) is 0 Å². The first-order chi connectivity index (χ1) is 11.9. The van der Waals surface area contributed by atoms with Gasteiger partial charge in [-0.15, -0.1) is 11.8 Å². The summed E-state index contributed by atoms with van der Waals surface area (Å²) >= 11 is 1.84. The van der Waals surface area contributed by atoms with E-state index >= 15 is 0 Å². The molecule has 0 bridgehead atoms. The molecule has 0 aliphatic carbocycles. The average molecular weight is 325 g/mol. The van der Waals surface area contributed by atoms with Gasteiger partial charge in [-0.2, -0.15) is 0 Å². The highest BCUT2D eigenvalue weighted by atomic mass is 32.2. The molecule has 4 rings (SSSR count). The second kappa shape index (κ2) is 6.94. The van der Waals surface area contributed by atoms with Gasteiger partial charge in [-0.3, -0.25) is 0 Å². The van der Waals surface area contributed by atoms with Crippen LogP contribution in [0.25, 0.3) is 10.5 Å². The fraction of sp³-hybridized carbons (Fsp3) is 0. The molecule has 115 valence electrons. The van der Waals surface area contributed by atoms with Crippen molar-refractivity contribution in [3.63, 3.8) is 0 Å². The summed E-state index contributed by atoms with van der Waals surface area (Å²) in [6.45, 7) is 0. The highest BCUT2D eigenvalue weighted by Gasteiger charge is 2.20. The second-order valence-corrected chi connectivity index (χ2v) is 6.76. The zero-order chi connectivity index (χ0) is 16.2. The van der Waals surface area contributed by atoms with Crippen LogP contribution in [-0.4, -0.2) is 0 Å². The standard InChI is InChI=1S/C23H17S/c1-4-10-18(11-5-1)21-16-22(19-12-6-2-7-13-19)24-23(17-21)20-14-8-3-9-15-20/h1-17H. The highest BCUT2D eigenvalue weighted by molar-refractivity contribution is 8.11. The van der Waals surface area contributed by atoms with Gasteiger partial charge < -0.3 is 0 Å². The zero-order valence-electron chi connectivity index (χ0n) is 13.2. The summed E-state index contributed by atoms with van der Waals surface area (Å²) in [6.07, 6.45) is 4.59. The summed E-state index contributed by atoms with van der Waals surface area (Å²) < 4.78 is 0. The van der Waals surface area contributed by atoms with E-state index in [1.807, 2.05) is 11.8 Å². The first-order valence-electron chi connectivity index (χ1n) is 8.04. The Morgan fingerprint density at radius 2 is 0.958 bits per heavy atom. The second-order valence-electron chi connectivity index (χ2n) is 5.67. The molecule has 1 radical (unpaired) electrons. The number of hydrogen-bond acceptors (Lipinski definition) is 1. The maximum atomic E-state index is 2.29. The fourth-order valence-electron chi connectivity index (χ4n) is 2.79. The van der Waals surface area contributed by atoms with Crippen LogP contribution in [0, 0.1) is 5.25 Å². The van der Waals surface area contributed by atoms with E-state index in [1.54, 1.807) is 0 Å². The van der Waals surface area contributed by atoms with E-state index < -0.39 is 0 Å². The maximum absolute atomic E-state index is 2.29. The van der Waals surface area contributed by atoms with Crippen LogP contribution in [0.15, 0.2) is 103 Å². The Morgan fingerprint density at radius 3 is 1.54 bits per heavy atom. The van der Waals surface area contributed by atoms with Gasteiger partial charge in [0.05, 0.1) is 5.25 Å². The van der Waals surface area contributed by atoms with Crippen molar-refractivity contribution in [2.24, 2.45) is 0 Å². The third-order valence-electron chi connectivity index (χ3n) is 4.02. The van der Waals surface area contributed by atoms with Crippen molar-refractivity contribution in [2.75, 3.05) is 0 Å². The van der Waals surface area contributed by atoms with Crippen molar-refractivity contribution in [1.29, 1.82) is 0 Å². The van der Waals surface area contributed by atoms with Gasteiger partial charge in [0.1, 0.15) is 0 Å². The minimum Gasteiger partial charge on any atom is -0.107 e. The van der Waals surface area contributed by atoms with E-state index in [0.717, 1.165) is 0 Å². The molecule has 1 heterocycles. The van der Waals surface area contributed by atoms with Crippen LogP contribution in [0.3, 0.4) is 0 Å². The van der Waals surface area contributed by atoms with Crippen molar-refractivity contribution in [3.8, 4) is 0 Å². The van der Waals surface area contributed by atoms with Crippen LogP contribution in [0.2, 0.25) is 0 Å². The first-order valence-corrected chi connectivity index (χ1v) is 8.86. The van der Waals surface area contributed by atoms with Crippen LogP contribution >= 0.6 is 11.8 Å². The molecule has 3 aromatic carbocycles. The number of benzene rings is 3. The lowest BCUT2D eigenvalue weighted by Gasteiger charge is -2.21. The fourth-order valence-corrected chi connectivity index (χ4v) is 3.90. The molecule has 0 atom stereocenters. The molecule has 0 nitrogen and oxygen atoms in total. The molecular weight excluding hydrogens is 308 g/mol. The summed E-state index contributed by atoms with van der Waals surface area (Å²) in [5.41, 5.74) is 5.03. The minimum absolute atomic E-state index is 1.25. The van der Waals surface area contributed by atoms with E-state index in [0.29, 0.717) is 0 Å². The summed E-state index contributed by atoms with van der Waals surface area (Å²) in [4.78, 5) is 1.29. The SMILES string of the molecule is C1=C(c2ccccc2)C=C(c2ccccc2)S[C]1c1ccccc1. The molecule has 1 aliphatic heterocycles. The monoisotopic (exact) mass is 325 g/mol. The van der Waals surface area contributed by atoms with Crippen LogP contribution in [-0.2, 0) is 0 Å². The summed E-state index contributed by atoms with van der Waals surface area (Å²) in [7, 11) is 0. The van der Waals surface area contributed by atoms with E-state index in [-0.39, 0.29) is 0 Å². The number of allylic oxidation sites excluding steroid dienone is 2. The molecule has 0 fully saturated rings. The molecule has 3 aromatic rings. The summed E-state index contributed by atoms with van der Waals surface area (Å²) in [6, 6.07) is 31.8. The predicted octanol–water partition coefficient (Wildman–Crippen LogP) is 6.44. The molecule has 0 spiro atoms. The van der Waals surface area contributed by atoms with Crippen molar-refractivity contribution in [3.05, 3.63) is 125 Å². The Morgan fingerprint density at radius 1 is 0.458 bits per heavy atom. The molecular formula is C23H17S. The zero-order valence-corrected chi connectivity index (χ0v) is 14.0. The van der Waals surface area contributed by atoms with Gasteiger partial charge in [-0.05, 0) is 28.3 Å². The van der Waals surface area contributed by atoms with Gasteiger partial charge in [0, 0.05) is 4.91 Å². The van der Waals surface area contributed by atoms with Crippen molar-refractivity contribution < 1.29 is 0 Å². The van der Waals surface area contributed by atoms with E-state index in [4.69, 9.17) is 0 Å². The minimum atomic E-state index is 1.25. The topological polar surface area (TPSA) is 0 Å². The van der Waals surface area contributed by atoms with Crippen LogP contribution < -0.4 is 0 Å². The van der Waals surface area contributed by atoms with Gasteiger partial charge in [0.15, 0.2) is 0 Å². The molecule has 0 saturated carbocycles. The molecule has 0 amide bonds. The molecule has 1 aliphatic rings. The normalized spacial score (nSPS) is 14.8. The summed E-state index contributed by atoms with van der Waals surface area (Å²) in [5, 5.41) is 1.29. The lowest BCUT2D eigenvalue weighted by Crippen LogP contribution is -1.99. The van der Waals surface area contributed by atoms with E-state index in [2.05, 4.69) is 103 Å². The lowest BCUT2D eigenvalue weighted by atomic mass is 10.0. The Labute approximate surface area is 147 Å². The van der Waals surface area contributed by atoms with Gasteiger partial charge in [-0.25, -0.2) is 0 Å². The largest absolute Gasteiger partial charge is 0.107 e. The quantitative estimate of drug-likeness (QED) is 0.534. The van der Waals surface area contributed by atoms with E-state index in [9.17, 15) is 0 Å². The Kier molecular flexibility index (Phi) is 4.35. The Balaban J connectivity index is 1.79. The Bertz CT molecular complexity index is 862. The number of thioether (sulfide) groups is 1. The number of rotatable bonds is 3. The smallest absolute Gasteiger partial charge is 0.0871 e. The van der Waals surface area contributed by atoms with Gasteiger partial charge in [0.25, 0.3) is 0 Å². The first kappa shape index (κ1) is 15.0. The van der Waals surface area contributed by atoms with E-state index in [1.165, 1.54) is 32.4 Å². The van der Waals surface area contributed by atoms with Crippen molar-refractivity contribution in [2.45, 2.75) is 0 Å². The molecule has 0 unspecified atom stereocenters. The predicted molar refractivity (Wildman–Crippen MR) is 105 cm³/mol. The number of hydrogen-bond donors (Lipinski definition) is 0. The molecule has 1 heteroatoms. The van der Waals surface area contributed by atoms with Crippen molar-refractivity contribution in [1.82, 2.24) is 0 Å². The maximum Gasteiger partial charge on any atom is 0.0871 e. The highest BCUT2D eigenvalue weighted by Crippen LogP contribution is 2.46. The molecule has 24 heavy (non-hydrogen) atoms. The lowest BCUT2D eigenvalue weighted by molar-refractivity contribution is 1.47. The van der Waals surface area contributed by atoms with Gasteiger partial charge >= 0.3 is 0 Å². The van der Waals surface area contributed by atoms with Crippen molar-refractivity contribution >= 4 is 22.2 Å². The van der Waals surface area contributed by atoms with Crippen LogP contribution in [0.5, 0.6) is 0 Å². The molecule has 0 aromatic heterocycles. The average Bonchev–Trinajstić information content (AvgIpc) is 2.70. The Hall–Kier alpha value is -2.51. The summed E-state index contributed by atoms with van der Waals surface area (Å²) in [5.74, 6) is 0. The molecule has 0 saturated heterocycles. The van der Waals surface area contributed by atoms with Gasteiger partial charge in [-0.1, -0.05) is 97.1 Å². The van der Waals surface area contributed by atoms with Gasteiger partial charge in [0.2, 0.25) is 0 Å². The van der Waals surface area contributed by atoms with Crippen LogP contribution in [0.1, 0.15) is 16.7 Å². The molecule has 0 N–H and O–H groups in total. The third-order valence-corrected chi connectivity index (χ3v) is 5.16. The third kappa shape index (κ3) is 3.22.